The summed E-state index contributed by atoms with van der Waals surface area (Å²) in [7, 11) is 3.76. The summed E-state index contributed by atoms with van der Waals surface area (Å²) in [4.78, 5) is 20.8. The van der Waals surface area contributed by atoms with Crippen LogP contribution in [0.3, 0.4) is 0 Å². The first-order chi connectivity index (χ1) is 13.6. The molecule has 28 heavy (non-hydrogen) atoms. The zero-order valence-electron chi connectivity index (χ0n) is 15.9. The largest absolute Gasteiger partial charge is 0.344 e. The highest BCUT2D eigenvalue weighted by molar-refractivity contribution is 5.79. The number of amides is 1. The Hall–Kier alpha value is -3.30. The van der Waals surface area contributed by atoms with Crippen molar-refractivity contribution >= 4 is 11.9 Å². The monoisotopic (exact) mass is 382 g/mol. The third-order valence-electron chi connectivity index (χ3n) is 4.93. The Kier molecular flexibility index (Phi) is 5.00. The first-order valence-corrected chi connectivity index (χ1v) is 9.21. The molecule has 0 atom stereocenters. The fraction of sp³-hybridized carbons (Fsp3) is 0.444. The van der Waals surface area contributed by atoms with E-state index in [4.69, 9.17) is 4.52 Å². The fourth-order valence-electron chi connectivity index (χ4n) is 3.28. The van der Waals surface area contributed by atoms with Crippen molar-refractivity contribution in [3.05, 3.63) is 42.0 Å². The predicted octanol–water partition coefficient (Wildman–Crippen LogP) is 1.06. The average molecular weight is 382 g/mol. The van der Waals surface area contributed by atoms with Crippen molar-refractivity contribution in [1.82, 2.24) is 35.2 Å². The third kappa shape index (κ3) is 3.85. The van der Waals surface area contributed by atoms with Gasteiger partial charge in [0.05, 0.1) is 12.1 Å². The van der Waals surface area contributed by atoms with Gasteiger partial charge in [0, 0.05) is 33.1 Å². The lowest BCUT2D eigenvalue weighted by molar-refractivity contribution is -0.131. The van der Waals surface area contributed by atoms with E-state index in [9.17, 15) is 4.79 Å². The highest BCUT2D eigenvalue weighted by Gasteiger charge is 2.27. The second-order valence-corrected chi connectivity index (χ2v) is 7.08. The van der Waals surface area contributed by atoms with Crippen LogP contribution in [0.4, 0.5) is 5.95 Å². The van der Waals surface area contributed by atoms with Crippen molar-refractivity contribution < 1.29 is 9.32 Å². The molecule has 146 valence electrons. The van der Waals surface area contributed by atoms with E-state index in [1.54, 1.807) is 4.68 Å². The van der Waals surface area contributed by atoms with Gasteiger partial charge >= 0.3 is 0 Å². The maximum absolute atomic E-state index is 12.6. The molecule has 0 saturated carbocycles. The topological polar surface area (TPSA) is 106 Å². The van der Waals surface area contributed by atoms with Crippen LogP contribution in [0.15, 0.2) is 35.1 Å². The van der Waals surface area contributed by atoms with Crippen LogP contribution in [0.2, 0.25) is 0 Å². The second-order valence-electron chi connectivity index (χ2n) is 7.08. The van der Waals surface area contributed by atoms with E-state index in [2.05, 4.69) is 25.7 Å². The predicted molar refractivity (Wildman–Crippen MR) is 100 cm³/mol. The van der Waals surface area contributed by atoms with Crippen LogP contribution >= 0.6 is 0 Å². The van der Waals surface area contributed by atoms with Gasteiger partial charge in [-0.05, 0) is 46.1 Å². The summed E-state index contributed by atoms with van der Waals surface area (Å²) in [5.41, 5.74) is 1.83. The van der Waals surface area contributed by atoms with E-state index >= 15 is 0 Å². The average Bonchev–Trinajstić information content (AvgIpc) is 3.41. The number of hydrogen-bond acceptors (Lipinski definition) is 8. The minimum absolute atomic E-state index is 0.133. The van der Waals surface area contributed by atoms with Gasteiger partial charge in [-0.3, -0.25) is 4.79 Å². The summed E-state index contributed by atoms with van der Waals surface area (Å²) < 4.78 is 6.96. The van der Waals surface area contributed by atoms with Crippen molar-refractivity contribution in [2.45, 2.75) is 25.2 Å². The van der Waals surface area contributed by atoms with E-state index in [1.807, 2.05) is 48.2 Å². The SMILES string of the molecule is CN(C)c1noc(C2CCN(C(=O)Cc3ccc(-n4cnnn4)cc3)CC2)n1. The summed E-state index contributed by atoms with van der Waals surface area (Å²) in [6, 6.07) is 7.68. The van der Waals surface area contributed by atoms with Gasteiger partial charge in [0.25, 0.3) is 5.95 Å². The normalized spacial score (nSPS) is 15.0. The van der Waals surface area contributed by atoms with Crippen LogP contribution in [0.25, 0.3) is 5.69 Å². The molecule has 2 aromatic heterocycles. The van der Waals surface area contributed by atoms with Gasteiger partial charge in [0.1, 0.15) is 6.33 Å². The smallest absolute Gasteiger partial charge is 0.265 e. The molecule has 4 rings (SSSR count). The maximum Gasteiger partial charge on any atom is 0.265 e. The van der Waals surface area contributed by atoms with E-state index in [-0.39, 0.29) is 11.8 Å². The summed E-state index contributed by atoms with van der Waals surface area (Å²) >= 11 is 0. The van der Waals surface area contributed by atoms with Gasteiger partial charge in [-0.1, -0.05) is 12.1 Å². The number of aromatic nitrogens is 6. The molecule has 1 aliphatic rings. The van der Waals surface area contributed by atoms with Crippen LogP contribution < -0.4 is 4.90 Å². The first kappa shape index (κ1) is 18.1. The lowest BCUT2D eigenvalue weighted by Gasteiger charge is -2.30. The van der Waals surface area contributed by atoms with E-state index in [1.165, 1.54) is 6.33 Å². The highest BCUT2D eigenvalue weighted by Crippen LogP contribution is 2.28. The van der Waals surface area contributed by atoms with Gasteiger partial charge in [-0.15, -0.1) is 5.10 Å². The minimum Gasteiger partial charge on any atom is -0.344 e. The van der Waals surface area contributed by atoms with Gasteiger partial charge in [-0.25, -0.2) is 4.68 Å². The Bertz CT molecular complexity index is 911. The first-order valence-electron chi connectivity index (χ1n) is 9.21. The zero-order chi connectivity index (χ0) is 19.5. The van der Waals surface area contributed by atoms with Crippen molar-refractivity contribution in [1.29, 1.82) is 0 Å². The molecule has 3 heterocycles. The Balaban J connectivity index is 1.31. The maximum atomic E-state index is 12.6. The van der Waals surface area contributed by atoms with E-state index in [0.717, 1.165) is 24.1 Å². The van der Waals surface area contributed by atoms with Crippen LogP contribution in [-0.4, -0.2) is 68.3 Å². The molecule has 10 heteroatoms. The molecular formula is C18H22N8O2. The van der Waals surface area contributed by atoms with Crippen molar-refractivity contribution in [2.24, 2.45) is 0 Å². The summed E-state index contributed by atoms with van der Waals surface area (Å²) in [6.45, 7) is 1.40. The molecule has 0 spiro atoms. The lowest BCUT2D eigenvalue weighted by Crippen LogP contribution is -2.38. The van der Waals surface area contributed by atoms with Crippen LogP contribution in [0.1, 0.15) is 30.2 Å². The van der Waals surface area contributed by atoms with Crippen LogP contribution in [0.5, 0.6) is 0 Å². The van der Waals surface area contributed by atoms with Gasteiger partial charge in [0.2, 0.25) is 11.8 Å². The third-order valence-corrected chi connectivity index (χ3v) is 4.93. The number of nitrogens with zero attached hydrogens (tertiary/aromatic N) is 8. The number of rotatable bonds is 5. The second kappa shape index (κ2) is 7.75. The molecule has 1 amide bonds. The van der Waals surface area contributed by atoms with E-state index in [0.29, 0.717) is 31.3 Å². The fourth-order valence-corrected chi connectivity index (χ4v) is 3.28. The molecule has 0 radical (unpaired) electrons. The van der Waals surface area contributed by atoms with Crippen LogP contribution in [-0.2, 0) is 11.2 Å². The summed E-state index contributed by atoms with van der Waals surface area (Å²) in [5.74, 6) is 1.58. The van der Waals surface area contributed by atoms with Crippen molar-refractivity contribution in [3.8, 4) is 5.69 Å². The van der Waals surface area contributed by atoms with E-state index < -0.39 is 0 Å². The number of piperidine rings is 1. The summed E-state index contributed by atoms with van der Waals surface area (Å²) in [6.07, 6.45) is 3.58. The number of anilines is 1. The van der Waals surface area contributed by atoms with Crippen molar-refractivity contribution in [3.63, 3.8) is 0 Å². The lowest BCUT2D eigenvalue weighted by atomic mass is 9.96. The number of carbonyl (C=O) groups excluding carboxylic acids is 1. The number of likely N-dealkylation sites (tertiary alicyclic amines) is 1. The molecule has 1 aromatic carbocycles. The number of tetrazole rings is 1. The Morgan fingerprint density at radius 2 is 1.96 bits per heavy atom. The molecule has 1 saturated heterocycles. The molecule has 0 N–H and O–H groups in total. The molecule has 1 aliphatic heterocycles. The van der Waals surface area contributed by atoms with Crippen molar-refractivity contribution in [2.75, 3.05) is 32.1 Å². The van der Waals surface area contributed by atoms with Gasteiger partial charge < -0.3 is 14.3 Å². The molecule has 3 aromatic rings. The molecule has 1 fully saturated rings. The number of hydrogen-bond donors (Lipinski definition) is 0. The standard InChI is InChI=1S/C18H22N8O2/c1-24(2)18-20-17(28-21-18)14-7-9-25(10-8-14)16(27)11-13-3-5-15(6-4-13)26-12-19-22-23-26/h3-6,12,14H,7-11H2,1-2H3. The number of benzene rings is 1. The quantitative estimate of drug-likeness (QED) is 0.645. The Labute approximate surface area is 162 Å². The Morgan fingerprint density at radius 3 is 2.57 bits per heavy atom. The van der Waals surface area contributed by atoms with Gasteiger partial charge in [0.15, 0.2) is 0 Å². The summed E-state index contributed by atoms with van der Waals surface area (Å²) in [5, 5.41) is 15.1. The molecule has 0 aliphatic carbocycles. The molecule has 10 nitrogen and oxygen atoms in total. The molecular weight excluding hydrogens is 360 g/mol. The van der Waals surface area contributed by atoms with Crippen LogP contribution in [0, 0.1) is 0 Å². The zero-order valence-corrected chi connectivity index (χ0v) is 15.9. The molecule has 0 unspecified atom stereocenters. The Morgan fingerprint density at radius 1 is 1.21 bits per heavy atom. The highest BCUT2D eigenvalue weighted by atomic mass is 16.5. The number of carbonyl (C=O) groups is 1. The molecule has 0 bridgehead atoms. The minimum atomic E-state index is 0.133. The van der Waals surface area contributed by atoms with Gasteiger partial charge in [-0.2, -0.15) is 4.98 Å².